The van der Waals surface area contributed by atoms with Crippen molar-refractivity contribution in [2.45, 2.75) is 13.3 Å². The van der Waals surface area contributed by atoms with Crippen molar-refractivity contribution in [2.75, 3.05) is 13.6 Å². The molecule has 0 aliphatic carbocycles. The van der Waals surface area contributed by atoms with E-state index >= 15 is 0 Å². The first kappa shape index (κ1) is 8.93. The average Bonchev–Trinajstić information content (AvgIpc) is 2.52. The van der Waals surface area contributed by atoms with Gasteiger partial charge in [-0.15, -0.1) is 0 Å². The minimum Gasteiger partial charge on any atom is -0.438 e. The van der Waals surface area contributed by atoms with Crippen LogP contribution in [0, 0.1) is 0 Å². The zero-order valence-corrected chi connectivity index (χ0v) is 7.26. The lowest BCUT2D eigenvalue weighted by molar-refractivity contribution is 0.0965. The molecule has 0 aliphatic heterocycles. The lowest BCUT2D eigenvalue weighted by Crippen LogP contribution is -2.17. The van der Waals surface area contributed by atoms with E-state index in [1.54, 1.807) is 7.05 Å². The largest absolute Gasteiger partial charge is 0.438 e. The second-order valence-corrected chi connectivity index (χ2v) is 2.43. The Bertz CT molecular complexity index is 268. The van der Waals surface area contributed by atoms with Gasteiger partial charge >= 0.3 is 0 Å². The van der Waals surface area contributed by atoms with Gasteiger partial charge in [-0.3, -0.25) is 4.79 Å². The highest BCUT2D eigenvalue weighted by molar-refractivity contribution is 5.94. The van der Waals surface area contributed by atoms with E-state index in [-0.39, 0.29) is 5.78 Å². The molecule has 66 valence electrons. The summed E-state index contributed by atoms with van der Waals surface area (Å²) in [6, 6.07) is 0. The average molecular weight is 168 g/mol. The molecule has 0 saturated heterocycles. The first-order valence-corrected chi connectivity index (χ1v) is 3.90. The van der Waals surface area contributed by atoms with Crippen molar-refractivity contribution in [1.82, 2.24) is 10.3 Å². The minimum atomic E-state index is -0.0651. The van der Waals surface area contributed by atoms with E-state index < -0.39 is 0 Å². The number of likely N-dealkylation sites (N-methyl/N-ethyl adjacent to an activating group) is 1. The van der Waals surface area contributed by atoms with Crippen LogP contribution in [0.3, 0.4) is 0 Å². The monoisotopic (exact) mass is 168 g/mol. The van der Waals surface area contributed by atoms with Gasteiger partial charge in [0.1, 0.15) is 0 Å². The zero-order valence-electron chi connectivity index (χ0n) is 7.26. The molecule has 0 radical (unpaired) electrons. The molecule has 0 saturated carbocycles. The molecule has 0 aliphatic rings. The van der Waals surface area contributed by atoms with E-state index in [1.165, 1.54) is 6.20 Å². The van der Waals surface area contributed by atoms with Crippen LogP contribution in [0.1, 0.15) is 23.4 Å². The maximum Gasteiger partial charge on any atom is 0.213 e. The van der Waals surface area contributed by atoms with Gasteiger partial charge in [-0.25, -0.2) is 4.98 Å². The Morgan fingerprint density at radius 2 is 2.50 bits per heavy atom. The van der Waals surface area contributed by atoms with Crippen LogP contribution >= 0.6 is 0 Å². The lowest BCUT2D eigenvalue weighted by Gasteiger charge is -1.92. The molecule has 0 atom stereocenters. The summed E-state index contributed by atoms with van der Waals surface area (Å²) in [4.78, 5) is 15.1. The third-order valence-electron chi connectivity index (χ3n) is 1.47. The number of hydrogen-bond donors (Lipinski definition) is 1. The normalized spacial score (nSPS) is 10.2. The fourth-order valence-electron chi connectivity index (χ4n) is 0.850. The van der Waals surface area contributed by atoms with Crippen LogP contribution in [0.15, 0.2) is 10.6 Å². The Hall–Kier alpha value is -1.16. The van der Waals surface area contributed by atoms with Crippen LogP contribution < -0.4 is 5.32 Å². The standard InChI is InChI=1S/C8H12N2O2/c1-3-8-10-5-7(12-8)6(11)4-9-2/h5,9H,3-4H2,1-2H3. The molecule has 1 N–H and O–H groups in total. The summed E-state index contributed by atoms with van der Waals surface area (Å²) in [5, 5.41) is 2.76. The van der Waals surface area contributed by atoms with Gasteiger partial charge in [0.25, 0.3) is 0 Å². The molecular formula is C8H12N2O2. The van der Waals surface area contributed by atoms with Gasteiger partial charge in [0.05, 0.1) is 12.7 Å². The number of aromatic nitrogens is 1. The topological polar surface area (TPSA) is 55.1 Å². The maximum atomic E-state index is 11.2. The Balaban J connectivity index is 2.68. The molecule has 4 nitrogen and oxygen atoms in total. The highest BCUT2D eigenvalue weighted by atomic mass is 16.4. The number of aryl methyl sites for hydroxylation is 1. The molecule has 0 unspecified atom stereocenters. The number of nitrogens with zero attached hydrogens (tertiary/aromatic N) is 1. The SMILES string of the molecule is CCc1ncc(C(=O)CNC)o1. The first-order valence-electron chi connectivity index (χ1n) is 3.90. The van der Waals surface area contributed by atoms with Crippen LogP contribution in [0.25, 0.3) is 0 Å². The fourth-order valence-corrected chi connectivity index (χ4v) is 0.850. The molecule has 1 rings (SSSR count). The molecule has 0 fully saturated rings. The summed E-state index contributed by atoms with van der Waals surface area (Å²) < 4.78 is 5.15. The van der Waals surface area contributed by atoms with Crippen molar-refractivity contribution in [3.8, 4) is 0 Å². The number of carbonyl (C=O) groups is 1. The molecule has 1 aromatic rings. The smallest absolute Gasteiger partial charge is 0.213 e. The van der Waals surface area contributed by atoms with Crippen molar-refractivity contribution in [3.05, 3.63) is 17.8 Å². The predicted octanol–water partition coefficient (Wildman–Crippen LogP) is 0.639. The maximum absolute atomic E-state index is 11.2. The molecule has 0 spiro atoms. The van der Waals surface area contributed by atoms with E-state index in [0.717, 1.165) is 0 Å². The van der Waals surface area contributed by atoms with Gasteiger partial charge in [0, 0.05) is 6.42 Å². The first-order chi connectivity index (χ1) is 5.77. The van der Waals surface area contributed by atoms with Crippen molar-refractivity contribution in [3.63, 3.8) is 0 Å². The number of ketones is 1. The van der Waals surface area contributed by atoms with Crippen molar-refractivity contribution >= 4 is 5.78 Å². The highest BCUT2D eigenvalue weighted by Crippen LogP contribution is 2.04. The van der Waals surface area contributed by atoms with E-state index in [0.29, 0.717) is 24.6 Å². The summed E-state index contributed by atoms with van der Waals surface area (Å²) in [7, 11) is 1.72. The van der Waals surface area contributed by atoms with Gasteiger partial charge in [-0.05, 0) is 7.05 Å². The van der Waals surface area contributed by atoms with Gasteiger partial charge in [-0.2, -0.15) is 0 Å². The van der Waals surface area contributed by atoms with Crippen molar-refractivity contribution in [1.29, 1.82) is 0 Å². The van der Waals surface area contributed by atoms with Gasteiger partial charge < -0.3 is 9.73 Å². The summed E-state index contributed by atoms with van der Waals surface area (Å²) in [6.45, 7) is 2.22. The quantitative estimate of drug-likeness (QED) is 0.670. The molecular weight excluding hydrogens is 156 g/mol. The Kier molecular flexibility index (Phi) is 2.99. The van der Waals surface area contributed by atoms with E-state index in [9.17, 15) is 4.79 Å². The molecule has 0 amide bonds. The summed E-state index contributed by atoms with van der Waals surface area (Å²) in [6.07, 6.45) is 2.19. The van der Waals surface area contributed by atoms with Crippen LogP contribution in [0.4, 0.5) is 0 Å². The van der Waals surface area contributed by atoms with Gasteiger partial charge in [0.15, 0.2) is 11.7 Å². The number of Topliss-reactive ketones (excluding diaryl/α,β-unsaturated/α-hetero) is 1. The Labute approximate surface area is 71.0 Å². The molecule has 1 aromatic heterocycles. The molecule has 4 heteroatoms. The van der Waals surface area contributed by atoms with Crippen LogP contribution in [-0.2, 0) is 6.42 Å². The van der Waals surface area contributed by atoms with E-state index in [2.05, 4.69) is 10.3 Å². The summed E-state index contributed by atoms with van der Waals surface area (Å²) >= 11 is 0. The zero-order chi connectivity index (χ0) is 8.97. The minimum absolute atomic E-state index is 0.0651. The lowest BCUT2D eigenvalue weighted by atomic mass is 10.3. The van der Waals surface area contributed by atoms with E-state index in [1.807, 2.05) is 6.92 Å². The van der Waals surface area contributed by atoms with Crippen LogP contribution in [0.5, 0.6) is 0 Å². The number of nitrogens with one attached hydrogen (secondary N) is 1. The molecule has 12 heavy (non-hydrogen) atoms. The molecule has 1 heterocycles. The van der Waals surface area contributed by atoms with Crippen LogP contribution in [0.2, 0.25) is 0 Å². The summed E-state index contributed by atoms with van der Waals surface area (Å²) in [5.41, 5.74) is 0. The Morgan fingerprint density at radius 3 is 3.00 bits per heavy atom. The second-order valence-electron chi connectivity index (χ2n) is 2.43. The highest BCUT2D eigenvalue weighted by Gasteiger charge is 2.09. The second kappa shape index (κ2) is 4.01. The number of rotatable bonds is 4. The van der Waals surface area contributed by atoms with Gasteiger partial charge in [0.2, 0.25) is 5.78 Å². The predicted molar refractivity (Wildman–Crippen MR) is 44.1 cm³/mol. The third-order valence-corrected chi connectivity index (χ3v) is 1.47. The van der Waals surface area contributed by atoms with Gasteiger partial charge in [-0.1, -0.05) is 6.92 Å². The molecule has 0 aromatic carbocycles. The van der Waals surface area contributed by atoms with Crippen molar-refractivity contribution < 1.29 is 9.21 Å². The molecule has 0 bridgehead atoms. The summed E-state index contributed by atoms with van der Waals surface area (Å²) in [5.74, 6) is 0.875. The fraction of sp³-hybridized carbons (Fsp3) is 0.500. The number of oxazole rings is 1. The third kappa shape index (κ3) is 1.92. The van der Waals surface area contributed by atoms with E-state index in [4.69, 9.17) is 4.42 Å². The van der Waals surface area contributed by atoms with Crippen LogP contribution in [-0.4, -0.2) is 24.4 Å². The van der Waals surface area contributed by atoms with Crippen molar-refractivity contribution in [2.24, 2.45) is 0 Å². The number of carbonyl (C=O) groups excluding carboxylic acids is 1. The Morgan fingerprint density at radius 1 is 1.75 bits per heavy atom. The number of hydrogen-bond acceptors (Lipinski definition) is 4.